The minimum absolute atomic E-state index is 0.0379. The summed E-state index contributed by atoms with van der Waals surface area (Å²) in [6.07, 6.45) is 0.0189. The number of halogens is 3. The van der Waals surface area contributed by atoms with E-state index in [0.717, 1.165) is 32.8 Å². The molecule has 0 unspecified atom stereocenters. The molecule has 27 heavy (non-hydrogen) atoms. The SMILES string of the molecule is Fc1cccc(Cl)c1[C@H]1Oc2ccc(Br)cc2[C@@H]2CC(c3cccs3)=NN12. The summed E-state index contributed by atoms with van der Waals surface area (Å²) >= 11 is 11.5. The van der Waals surface area contributed by atoms with E-state index in [0.29, 0.717) is 10.6 Å². The first-order valence-corrected chi connectivity index (χ1v) is 10.5. The second-order valence-corrected chi connectivity index (χ2v) is 8.68. The number of fused-ring (bicyclic) bond motifs is 3. The van der Waals surface area contributed by atoms with Crippen molar-refractivity contribution < 1.29 is 9.13 Å². The predicted octanol–water partition coefficient (Wildman–Crippen LogP) is 6.55. The molecular formula is C20H13BrClFN2OS. The Bertz CT molecular complexity index is 1040. The molecule has 0 aliphatic carbocycles. The summed E-state index contributed by atoms with van der Waals surface area (Å²) in [4.78, 5) is 1.11. The lowest BCUT2D eigenvalue weighted by molar-refractivity contribution is -0.0211. The Balaban J connectivity index is 1.66. The van der Waals surface area contributed by atoms with Crippen molar-refractivity contribution in [2.24, 2.45) is 5.10 Å². The molecule has 0 saturated carbocycles. The number of hydrogen-bond donors (Lipinski definition) is 0. The van der Waals surface area contributed by atoms with E-state index in [2.05, 4.69) is 22.0 Å². The smallest absolute Gasteiger partial charge is 0.218 e. The van der Waals surface area contributed by atoms with Gasteiger partial charge in [-0.25, -0.2) is 9.40 Å². The van der Waals surface area contributed by atoms with Gasteiger partial charge >= 0.3 is 0 Å². The quantitative estimate of drug-likeness (QED) is 0.431. The number of hydrogen-bond acceptors (Lipinski definition) is 4. The van der Waals surface area contributed by atoms with Crippen LogP contribution in [-0.2, 0) is 0 Å². The maximum atomic E-state index is 14.7. The summed E-state index contributed by atoms with van der Waals surface area (Å²) in [5, 5.41) is 9.02. The summed E-state index contributed by atoms with van der Waals surface area (Å²) in [5.74, 6) is 0.331. The molecule has 1 aromatic heterocycles. The van der Waals surface area contributed by atoms with Crippen LogP contribution in [0.25, 0.3) is 0 Å². The summed E-state index contributed by atoms with van der Waals surface area (Å²) in [7, 11) is 0. The fraction of sp³-hybridized carbons (Fsp3) is 0.150. The monoisotopic (exact) mass is 462 g/mol. The van der Waals surface area contributed by atoms with Crippen LogP contribution in [0.1, 0.15) is 34.7 Å². The first-order valence-electron chi connectivity index (χ1n) is 8.41. The molecule has 7 heteroatoms. The van der Waals surface area contributed by atoms with Crippen LogP contribution in [0.2, 0.25) is 5.02 Å². The van der Waals surface area contributed by atoms with E-state index in [1.165, 1.54) is 6.07 Å². The Morgan fingerprint density at radius 3 is 2.89 bits per heavy atom. The molecule has 0 bridgehead atoms. The highest BCUT2D eigenvalue weighted by molar-refractivity contribution is 9.10. The van der Waals surface area contributed by atoms with E-state index in [1.807, 2.05) is 34.7 Å². The van der Waals surface area contributed by atoms with Crippen LogP contribution in [-0.4, -0.2) is 10.7 Å². The van der Waals surface area contributed by atoms with E-state index in [1.54, 1.807) is 23.5 Å². The van der Waals surface area contributed by atoms with E-state index in [-0.39, 0.29) is 6.04 Å². The normalized spacial score (nSPS) is 20.7. The largest absolute Gasteiger partial charge is 0.464 e. The molecule has 0 radical (unpaired) electrons. The highest BCUT2D eigenvalue weighted by Gasteiger charge is 2.42. The van der Waals surface area contributed by atoms with E-state index in [4.69, 9.17) is 21.4 Å². The number of rotatable bonds is 2. The van der Waals surface area contributed by atoms with Gasteiger partial charge in [-0.3, -0.25) is 0 Å². The number of hydrazone groups is 1. The van der Waals surface area contributed by atoms with Gasteiger partial charge in [0.25, 0.3) is 0 Å². The summed E-state index contributed by atoms with van der Waals surface area (Å²) in [5.41, 5.74) is 2.32. The van der Waals surface area contributed by atoms with Crippen molar-refractivity contribution in [2.45, 2.75) is 18.7 Å². The third-order valence-corrected chi connectivity index (χ3v) is 6.55. The van der Waals surface area contributed by atoms with Crippen LogP contribution < -0.4 is 4.74 Å². The molecule has 2 atom stereocenters. The Morgan fingerprint density at radius 2 is 2.11 bits per heavy atom. The average molecular weight is 464 g/mol. The lowest BCUT2D eigenvalue weighted by Gasteiger charge is -2.38. The standard InChI is InChI=1S/C20H13BrClFN2OS/c21-11-6-7-17-12(9-11)16-10-15(18-5-2-8-27-18)24-25(16)20(26-17)19-13(22)3-1-4-14(19)23/h1-9,16,20H,10H2/t16-,20+/m0/s1. The minimum Gasteiger partial charge on any atom is -0.464 e. The second-order valence-electron chi connectivity index (χ2n) is 6.41. The first kappa shape index (κ1) is 17.2. The number of thiophene rings is 1. The maximum absolute atomic E-state index is 14.7. The molecule has 2 aliphatic heterocycles. The van der Waals surface area contributed by atoms with Crippen molar-refractivity contribution >= 4 is 44.6 Å². The fourth-order valence-corrected chi connectivity index (χ4v) is 4.94. The van der Waals surface area contributed by atoms with E-state index in [9.17, 15) is 4.39 Å². The molecule has 2 aliphatic rings. The maximum Gasteiger partial charge on any atom is 0.218 e. The van der Waals surface area contributed by atoms with Gasteiger partial charge < -0.3 is 4.74 Å². The first-order chi connectivity index (χ1) is 13.1. The lowest BCUT2D eigenvalue weighted by Crippen LogP contribution is -2.34. The van der Waals surface area contributed by atoms with E-state index < -0.39 is 12.0 Å². The number of ether oxygens (including phenoxy) is 1. The second kappa shape index (κ2) is 6.62. The van der Waals surface area contributed by atoms with Gasteiger partial charge in [-0.2, -0.15) is 5.10 Å². The van der Waals surface area contributed by atoms with Gasteiger partial charge in [0.1, 0.15) is 11.6 Å². The van der Waals surface area contributed by atoms with Crippen LogP contribution >= 0.6 is 38.9 Å². The topological polar surface area (TPSA) is 24.8 Å². The summed E-state index contributed by atoms with van der Waals surface area (Å²) in [6.45, 7) is 0. The highest BCUT2D eigenvalue weighted by atomic mass is 79.9. The highest BCUT2D eigenvalue weighted by Crippen LogP contribution is 2.49. The molecule has 0 spiro atoms. The Labute approximate surface area is 173 Å². The third kappa shape index (κ3) is 2.87. The Kier molecular flexibility index (Phi) is 4.22. The van der Waals surface area contributed by atoms with Crippen LogP contribution in [0, 0.1) is 5.82 Å². The summed E-state index contributed by atoms with van der Waals surface area (Å²) in [6, 6.07) is 14.6. The van der Waals surface area contributed by atoms with Gasteiger partial charge in [0.15, 0.2) is 0 Å². The van der Waals surface area contributed by atoms with Crippen LogP contribution in [0.15, 0.2) is 63.5 Å². The fourth-order valence-electron chi connectivity index (χ4n) is 3.59. The van der Waals surface area contributed by atoms with Crippen molar-refractivity contribution in [1.29, 1.82) is 0 Å². The van der Waals surface area contributed by atoms with E-state index >= 15 is 0 Å². The third-order valence-electron chi connectivity index (χ3n) is 4.80. The van der Waals surface area contributed by atoms with Crippen molar-refractivity contribution in [3.8, 4) is 5.75 Å². The molecule has 0 N–H and O–H groups in total. The van der Waals surface area contributed by atoms with Gasteiger partial charge in [0.2, 0.25) is 6.23 Å². The van der Waals surface area contributed by atoms with Crippen molar-refractivity contribution in [3.63, 3.8) is 0 Å². The van der Waals surface area contributed by atoms with Gasteiger partial charge in [0.05, 0.1) is 27.2 Å². The molecule has 0 fully saturated rings. The molecule has 0 saturated heterocycles. The number of nitrogens with zero attached hydrogens (tertiary/aromatic N) is 2. The van der Waals surface area contributed by atoms with Crippen molar-refractivity contribution in [1.82, 2.24) is 5.01 Å². The van der Waals surface area contributed by atoms with Crippen molar-refractivity contribution in [2.75, 3.05) is 0 Å². The molecule has 2 aromatic carbocycles. The Hall–Kier alpha value is -1.89. The zero-order chi connectivity index (χ0) is 18.5. The average Bonchev–Trinajstić information content (AvgIpc) is 3.31. The predicted molar refractivity (Wildman–Crippen MR) is 109 cm³/mol. The molecule has 3 aromatic rings. The molecule has 0 amide bonds. The van der Waals surface area contributed by atoms with Crippen molar-refractivity contribution in [3.05, 3.63) is 85.2 Å². The van der Waals surface area contributed by atoms with Crippen LogP contribution in [0.3, 0.4) is 0 Å². The van der Waals surface area contributed by atoms with Crippen LogP contribution in [0.5, 0.6) is 5.75 Å². The lowest BCUT2D eigenvalue weighted by atomic mass is 9.97. The van der Waals surface area contributed by atoms with Crippen LogP contribution in [0.4, 0.5) is 4.39 Å². The number of benzene rings is 2. The molecule has 136 valence electrons. The molecule has 3 nitrogen and oxygen atoms in total. The molecular weight excluding hydrogens is 451 g/mol. The molecule has 3 heterocycles. The van der Waals surface area contributed by atoms with Gasteiger partial charge in [0, 0.05) is 16.5 Å². The van der Waals surface area contributed by atoms with Gasteiger partial charge in [-0.15, -0.1) is 11.3 Å². The minimum atomic E-state index is -0.713. The zero-order valence-electron chi connectivity index (χ0n) is 13.9. The van der Waals surface area contributed by atoms with Gasteiger partial charge in [-0.1, -0.05) is 39.7 Å². The van der Waals surface area contributed by atoms with Gasteiger partial charge in [-0.05, 0) is 41.8 Å². The Morgan fingerprint density at radius 1 is 1.22 bits per heavy atom. The summed E-state index contributed by atoms with van der Waals surface area (Å²) < 4.78 is 21.8. The molecule has 5 rings (SSSR count). The zero-order valence-corrected chi connectivity index (χ0v) is 17.1.